The summed E-state index contributed by atoms with van der Waals surface area (Å²) in [4.78, 5) is 32.6. The SMILES string of the molecule is CCC[C@H](N)C(=O)N[C@H](CC(N)=O)C(=O)O. The third kappa shape index (κ3) is 5.30. The average Bonchev–Trinajstić information content (AvgIpc) is 2.16. The number of primary amides is 1. The number of amides is 2. The number of hydrogen-bond acceptors (Lipinski definition) is 4. The summed E-state index contributed by atoms with van der Waals surface area (Å²) in [5, 5.41) is 10.9. The molecule has 7 nitrogen and oxygen atoms in total. The van der Waals surface area contributed by atoms with E-state index < -0.39 is 36.3 Å². The van der Waals surface area contributed by atoms with Crippen molar-refractivity contribution in [3.63, 3.8) is 0 Å². The number of nitrogens with two attached hydrogens (primary N) is 2. The van der Waals surface area contributed by atoms with E-state index in [-0.39, 0.29) is 0 Å². The lowest BCUT2D eigenvalue weighted by molar-refractivity contribution is -0.143. The van der Waals surface area contributed by atoms with Gasteiger partial charge in [-0.1, -0.05) is 13.3 Å². The summed E-state index contributed by atoms with van der Waals surface area (Å²) in [6.07, 6.45) is 0.719. The van der Waals surface area contributed by atoms with E-state index in [0.29, 0.717) is 12.8 Å². The fourth-order valence-electron chi connectivity index (χ4n) is 1.12. The highest BCUT2D eigenvalue weighted by atomic mass is 16.4. The molecule has 0 aliphatic carbocycles. The van der Waals surface area contributed by atoms with Gasteiger partial charge in [-0.15, -0.1) is 0 Å². The van der Waals surface area contributed by atoms with Crippen LogP contribution in [0.4, 0.5) is 0 Å². The van der Waals surface area contributed by atoms with Gasteiger partial charge in [0.1, 0.15) is 6.04 Å². The molecule has 0 bridgehead atoms. The van der Waals surface area contributed by atoms with Crippen molar-refractivity contribution in [3.05, 3.63) is 0 Å². The van der Waals surface area contributed by atoms with Crippen LogP contribution >= 0.6 is 0 Å². The number of aliphatic carboxylic acids is 1. The van der Waals surface area contributed by atoms with E-state index in [9.17, 15) is 14.4 Å². The van der Waals surface area contributed by atoms with Gasteiger partial charge in [-0.3, -0.25) is 9.59 Å². The van der Waals surface area contributed by atoms with Crippen molar-refractivity contribution in [1.29, 1.82) is 0 Å². The lowest BCUT2D eigenvalue weighted by Crippen LogP contribution is -2.49. The van der Waals surface area contributed by atoms with E-state index in [1.807, 2.05) is 6.92 Å². The topological polar surface area (TPSA) is 136 Å². The number of nitrogens with one attached hydrogen (secondary N) is 1. The van der Waals surface area contributed by atoms with Crippen LogP contribution in [0, 0.1) is 0 Å². The molecule has 2 atom stereocenters. The summed E-state index contributed by atoms with van der Waals surface area (Å²) >= 11 is 0. The Morgan fingerprint density at radius 2 is 1.94 bits per heavy atom. The summed E-state index contributed by atoms with van der Waals surface area (Å²) in [5.74, 6) is -2.69. The Kier molecular flexibility index (Phi) is 6.09. The maximum atomic E-state index is 11.4. The van der Waals surface area contributed by atoms with E-state index in [1.54, 1.807) is 0 Å². The van der Waals surface area contributed by atoms with E-state index >= 15 is 0 Å². The fraction of sp³-hybridized carbons (Fsp3) is 0.667. The fourth-order valence-corrected chi connectivity index (χ4v) is 1.12. The van der Waals surface area contributed by atoms with Gasteiger partial charge in [0.05, 0.1) is 12.5 Å². The van der Waals surface area contributed by atoms with Gasteiger partial charge in [0.2, 0.25) is 11.8 Å². The van der Waals surface area contributed by atoms with E-state index in [2.05, 4.69) is 5.32 Å². The Hall–Kier alpha value is -1.63. The van der Waals surface area contributed by atoms with Crippen molar-refractivity contribution < 1.29 is 19.5 Å². The van der Waals surface area contributed by atoms with Crippen LogP contribution in [0.15, 0.2) is 0 Å². The summed E-state index contributed by atoms with van der Waals surface area (Å²) in [6.45, 7) is 1.85. The molecule has 0 unspecified atom stereocenters. The van der Waals surface area contributed by atoms with Crippen LogP contribution in [0.3, 0.4) is 0 Å². The maximum absolute atomic E-state index is 11.4. The van der Waals surface area contributed by atoms with Gasteiger partial charge in [0.25, 0.3) is 0 Å². The quantitative estimate of drug-likeness (QED) is 0.425. The zero-order valence-electron chi connectivity index (χ0n) is 9.10. The lowest BCUT2D eigenvalue weighted by Gasteiger charge is -2.16. The van der Waals surface area contributed by atoms with Crippen LogP contribution in [0.25, 0.3) is 0 Å². The van der Waals surface area contributed by atoms with Crippen LogP contribution in [-0.2, 0) is 14.4 Å². The van der Waals surface area contributed by atoms with Gasteiger partial charge in [-0.25, -0.2) is 4.79 Å². The first-order chi connectivity index (χ1) is 7.38. The second kappa shape index (κ2) is 6.78. The molecule has 0 aromatic rings. The molecule has 0 saturated carbocycles. The van der Waals surface area contributed by atoms with Gasteiger partial charge in [-0.2, -0.15) is 0 Å². The molecular formula is C9H17N3O4. The first-order valence-electron chi connectivity index (χ1n) is 4.95. The van der Waals surface area contributed by atoms with Crippen molar-refractivity contribution in [2.24, 2.45) is 11.5 Å². The highest BCUT2D eigenvalue weighted by molar-refractivity contribution is 5.89. The predicted molar refractivity (Wildman–Crippen MR) is 56.3 cm³/mol. The molecule has 16 heavy (non-hydrogen) atoms. The first-order valence-corrected chi connectivity index (χ1v) is 4.95. The van der Waals surface area contributed by atoms with Crippen LogP contribution in [-0.4, -0.2) is 35.0 Å². The summed E-state index contributed by atoms with van der Waals surface area (Å²) in [6, 6.07) is -2.08. The highest BCUT2D eigenvalue weighted by Crippen LogP contribution is 1.97. The molecule has 0 heterocycles. The standard InChI is InChI=1S/C9H17N3O4/c1-2-3-5(10)8(14)12-6(9(15)16)4-7(11)13/h5-6H,2-4,10H2,1H3,(H2,11,13)(H,12,14)(H,15,16)/t5-,6+/m0/s1. The molecule has 0 spiro atoms. The third-order valence-corrected chi connectivity index (χ3v) is 1.96. The molecule has 7 heteroatoms. The van der Waals surface area contributed by atoms with Crippen LogP contribution in [0.1, 0.15) is 26.2 Å². The Labute approximate surface area is 93.2 Å². The molecule has 0 saturated heterocycles. The molecule has 6 N–H and O–H groups in total. The molecule has 2 amide bonds. The molecule has 0 radical (unpaired) electrons. The number of carbonyl (C=O) groups is 3. The van der Waals surface area contributed by atoms with Gasteiger partial charge in [0.15, 0.2) is 0 Å². The largest absolute Gasteiger partial charge is 0.480 e. The number of rotatable bonds is 7. The highest BCUT2D eigenvalue weighted by Gasteiger charge is 2.24. The smallest absolute Gasteiger partial charge is 0.326 e. The minimum Gasteiger partial charge on any atom is -0.480 e. The second-order valence-electron chi connectivity index (χ2n) is 3.47. The predicted octanol–water partition coefficient (Wildman–Crippen LogP) is -1.44. The zero-order chi connectivity index (χ0) is 12.7. The number of carboxylic acids is 1. The zero-order valence-corrected chi connectivity index (χ0v) is 9.10. The van der Waals surface area contributed by atoms with Crippen LogP contribution < -0.4 is 16.8 Å². The van der Waals surface area contributed by atoms with Crippen molar-refractivity contribution in [2.75, 3.05) is 0 Å². The molecule has 0 aromatic heterocycles. The minimum absolute atomic E-state index is 0.445. The van der Waals surface area contributed by atoms with E-state index in [1.165, 1.54) is 0 Å². The van der Waals surface area contributed by atoms with Gasteiger partial charge >= 0.3 is 5.97 Å². The van der Waals surface area contributed by atoms with Crippen molar-refractivity contribution in [3.8, 4) is 0 Å². The molecular weight excluding hydrogens is 214 g/mol. The normalized spacial score (nSPS) is 13.9. The Bertz CT molecular complexity index is 280. The molecule has 0 aliphatic rings. The average molecular weight is 231 g/mol. The molecule has 0 aromatic carbocycles. The second-order valence-corrected chi connectivity index (χ2v) is 3.47. The summed E-state index contributed by atoms with van der Waals surface area (Å²) in [5.41, 5.74) is 10.3. The summed E-state index contributed by atoms with van der Waals surface area (Å²) < 4.78 is 0. The van der Waals surface area contributed by atoms with Gasteiger partial charge < -0.3 is 21.9 Å². The molecule has 92 valence electrons. The van der Waals surface area contributed by atoms with E-state index in [0.717, 1.165) is 0 Å². The monoisotopic (exact) mass is 231 g/mol. The Morgan fingerprint density at radius 1 is 1.38 bits per heavy atom. The number of carbonyl (C=O) groups excluding carboxylic acids is 2. The molecule has 0 aliphatic heterocycles. The van der Waals surface area contributed by atoms with E-state index in [4.69, 9.17) is 16.6 Å². The first kappa shape index (κ1) is 14.4. The van der Waals surface area contributed by atoms with Crippen molar-refractivity contribution >= 4 is 17.8 Å². The maximum Gasteiger partial charge on any atom is 0.326 e. The minimum atomic E-state index is -1.31. The van der Waals surface area contributed by atoms with Crippen molar-refractivity contribution in [2.45, 2.75) is 38.3 Å². The number of carboxylic acid groups (broad SMARTS) is 1. The lowest BCUT2D eigenvalue weighted by atomic mass is 10.1. The Morgan fingerprint density at radius 3 is 2.31 bits per heavy atom. The van der Waals surface area contributed by atoms with Gasteiger partial charge in [-0.05, 0) is 6.42 Å². The van der Waals surface area contributed by atoms with Gasteiger partial charge in [0, 0.05) is 0 Å². The third-order valence-electron chi connectivity index (χ3n) is 1.96. The molecule has 0 rings (SSSR count). The van der Waals surface area contributed by atoms with Crippen molar-refractivity contribution in [1.82, 2.24) is 5.32 Å². The number of hydrogen-bond donors (Lipinski definition) is 4. The molecule has 0 fully saturated rings. The summed E-state index contributed by atoms with van der Waals surface area (Å²) in [7, 11) is 0. The van der Waals surface area contributed by atoms with Crippen LogP contribution in [0.2, 0.25) is 0 Å². The Balaban J connectivity index is 4.34. The van der Waals surface area contributed by atoms with Crippen LogP contribution in [0.5, 0.6) is 0 Å².